The lowest BCUT2D eigenvalue weighted by molar-refractivity contribution is -0.130. The first-order chi connectivity index (χ1) is 12.6. The predicted molar refractivity (Wildman–Crippen MR) is 99.7 cm³/mol. The van der Waals surface area contributed by atoms with Crippen LogP contribution in [0.25, 0.3) is 0 Å². The number of furan rings is 1. The molecule has 2 heterocycles. The van der Waals surface area contributed by atoms with Crippen LogP contribution >= 0.6 is 11.8 Å². The number of amides is 2. The van der Waals surface area contributed by atoms with E-state index in [1.54, 1.807) is 42.2 Å². The van der Waals surface area contributed by atoms with E-state index >= 15 is 0 Å². The van der Waals surface area contributed by atoms with Gasteiger partial charge in [-0.15, -0.1) is 11.8 Å². The molecule has 1 saturated heterocycles. The van der Waals surface area contributed by atoms with E-state index in [1.165, 1.54) is 0 Å². The number of methoxy groups -OCH3 is 1. The highest BCUT2D eigenvalue weighted by molar-refractivity contribution is 8.01. The summed E-state index contributed by atoms with van der Waals surface area (Å²) in [5.74, 6) is 1.38. The highest BCUT2D eigenvalue weighted by atomic mass is 32.2. The first kappa shape index (κ1) is 18.4. The summed E-state index contributed by atoms with van der Waals surface area (Å²) in [6, 6.07) is 11.3. The lowest BCUT2D eigenvalue weighted by Crippen LogP contribution is -2.34. The molecule has 1 aromatic carbocycles. The zero-order valence-electron chi connectivity index (χ0n) is 14.8. The van der Waals surface area contributed by atoms with Gasteiger partial charge in [0.1, 0.15) is 16.9 Å². The fraction of sp³-hybridized carbons (Fsp3) is 0.368. The molecule has 0 radical (unpaired) electrons. The first-order valence-corrected chi connectivity index (χ1v) is 9.42. The molecule has 0 bridgehead atoms. The summed E-state index contributed by atoms with van der Waals surface area (Å²) in [5, 5.41) is 2.52. The quantitative estimate of drug-likeness (QED) is 0.807. The maximum Gasteiger partial charge on any atom is 0.236 e. The highest BCUT2D eigenvalue weighted by Crippen LogP contribution is 2.45. The second kappa shape index (κ2) is 8.31. The molecule has 2 amide bonds. The van der Waals surface area contributed by atoms with Crippen molar-refractivity contribution >= 4 is 23.6 Å². The number of carbonyl (C=O) groups excluding carboxylic acids is 2. The van der Waals surface area contributed by atoms with Crippen molar-refractivity contribution in [1.82, 2.24) is 10.2 Å². The van der Waals surface area contributed by atoms with E-state index in [1.807, 2.05) is 31.2 Å². The van der Waals surface area contributed by atoms with Crippen LogP contribution in [-0.4, -0.2) is 35.6 Å². The maximum absolute atomic E-state index is 12.6. The number of nitrogens with zero attached hydrogens (tertiary/aromatic N) is 1. The minimum atomic E-state index is -0.147. The number of ether oxygens (including phenoxy) is 1. The number of thioether (sulfide) groups is 1. The molecule has 0 unspecified atom stereocenters. The molecule has 0 aliphatic carbocycles. The molecule has 6 nitrogen and oxygen atoms in total. The molecule has 3 rings (SSSR count). The Balaban J connectivity index is 1.64. The topological polar surface area (TPSA) is 71.8 Å². The van der Waals surface area contributed by atoms with Crippen molar-refractivity contribution in [1.29, 1.82) is 0 Å². The van der Waals surface area contributed by atoms with E-state index in [0.717, 1.165) is 11.3 Å². The number of rotatable bonds is 7. The van der Waals surface area contributed by atoms with Crippen LogP contribution in [0.4, 0.5) is 0 Å². The Morgan fingerprint density at radius 2 is 2.12 bits per heavy atom. The number of nitrogens with one attached hydrogen (secondary N) is 1. The standard InChI is InChI=1S/C19H22N2O4S/c1-13-18(23)21(10-9-17(22)20-12-14-6-5-11-25-14)19(26-13)15-7-3-4-8-16(15)24-2/h3-8,11,13,19H,9-10,12H2,1-2H3,(H,20,22)/t13-,19-/m0/s1. The van der Waals surface area contributed by atoms with Gasteiger partial charge in [-0.3, -0.25) is 9.59 Å². The van der Waals surface area contributed by atoms with Gasteiger partial charge in [-0.05, 0) is 25.1 Å². The van der Waals surface area contributed by atoms with Crippen molar-refractivity contribution in [2.45, 2.75) is 30.5 Å². The van der Waals surface area contributed by atoms with E-state index in [-0.39, 0.29) is 28.9 Å². The number of carbonyl (C=O) groups is 2. The third kappa shape index (κ3) is 4.04. The fourth-order valence-corrected chi connectivity index (χ4v) is 4.26. The van der Waals surface area contributed by atoms with Crippen LogP contribution in [0.5, 0.6) is 5.75 Å². The second-order valence-corrected chi connectivity index (χ2v) is 7.44. The predicted octanol–water partition coefficient (Wildman–Crippen LogP) is 2.96. The minimum absolute atomic E-state index is 0.0461. The Kier molecular flexibility index (Phi) is 5.88. The van der Waals surface area contributed by atoms with Crippen LogP contribution in [0, 0.1) is 0 Å². The van der Waals surface area contributed by atoms with Crippen molar-refractivity contribution < 1.29 is 18.7 Å². The monoisotopic (exact) mass is 374 g/mol. The lowest BCUT2D eigenvalue weighted by Gasteiger charge is -2.25. The van der Waals surface area contributed by atoms with Gasteiger partial charge >= 0.3 is 0 Å². The molecule has 0 spiro atoms. The average molecular weight is 374 g/mol. The highest BCUT2D eigenvalue weighted by Gasteiger charge is 2.39. The summed E-state index contributed by atoms with van der Waals surface area (Å²) in [4.78, 5) is 26.5. The van der Waals surface area contributed by atoms with E-state index in [4.69, 9.17) is 9.15 Å². The zero-order valence-corrected chi connectivity index (χ0v) is 15.6. The van der Waals surface area contributed by atoms with Crippen LogP contribution in [0.1, 0.15) is 30.0 Å². The van der Waals surface area contributed by atoms with Gasteiger partial charge in [-0.2, -0.15) is 0 Å². The summed E-state index contributed by atoms with van der Waals surface area (Å²) in [6.07, 6.45) is 1.81. The second-order valence-electron chi connectivity index (χ2n) is 6.01. The van der Waals surface area contributed by atoms with Crippen molar-refractivity contribution in [2.24, 2.45) is 0 Å². The Labute approximate surface area is 156 Å². The van der Waals surface area contributed by atoms with Gasteiger partial charge in [-0.25, -0.2) is 0 Å². The summed E-state index contributed by atoms with van der Waals surface area (Å²) >= 11 is 1.58. The average Bonchev–Trinajstić information content (AvgIpc) is 3.27. The molecule has 0 saturated carbocycles. The molecule has 1 aliphatic rings. The molecule has 1 fully saturated rings. The number of benzene rings is 1. The lowest BCUT2D eigenvalue weighted by atomic mass is 10.1. The van der Waals surface area contributed by atoms with E-state index in [9.17, 15) is 9.59 Å². The van der Waals surface area contributed by atoms with Gasteiger partial charge in [0.2, 0.25) is 11.8 Å². The molecule has 1 aromatic heterocycles. The molecule has 138 valence electrons. The zero-order chi connectivity index (χ0) is 18.5. The number of hydrogen-bond acceptors (Lipinski definition) is 5. The normalized spacial score (nSPS) is 19.6. The Hall–Kier alpha value is -2.41. The summed E-state index contributed by atoms with van der Waals surface area (Å²) < 4.78 is 10.6. The largest absolute Gasteiger partial charge is 0.496 e. The van der Waals surface area contributed by atoms with Gasteiger partial charge in [0, 0.05) is 18.5 Å². The summed E-state index contributed by atoms with van der Waals surface area (Å²) in [6.45, 7) is 2.61. The Morgan fingerprint density at radius 1 is 1.31 bits per heavy atom. The van der Waals surface area contributed by atoms with E-state index in [2.05, 4.69) is 5.32 Å². The Morgan fingerprint density at radius 3 is 2.85 bits per heavy atom. The third-order valence-electron chi connectivity index (χ3n) is 4.27. The molecule has 2 atom stereocenters. The molecular weight excluding hydrogens is 352 g/mol. The van der Waals surface area contributed by atoms with Crippen molar-refractivity contribution in [3.05, 3.63) is 54.0 Å². The molecular formula is C19H22N2O4S. The van der Waals surface area contributed by atoms with Gasteiger partial charge in [0.05, 0.1) is 25.2 Å². The smallest absolute Gasteiger partial charge is 0.236 e. The molecule has 1 aliphatic heterocycles. The number of hydrogen-bond donors (Lipinski definition) is 1. The number of para-hydroxylation sites is 1. The van der Waals surface area contributed by atoms with Crippen molar-refractivity contribution in [3.8, 4) is 5.75 Å². The first-order valence-electron chi connectivity index (χ1n) is 8.48. The van der Waals surface area contributed by atoms with E-state index < -0.39 is 0 Å². The third-order valence-corrected chi connectivity index (χ3v) is 5.65. The molecule has 7 heteroatoms. The summed E-state index contributed by atoms with van der Waals surface area (Å²) in [7, 11) is 1.62. The molecule has 2 aromatic rings. The van der Waals surface area contributed by atoms with E-state index in [0.29, 0.717) is 18.8 Å². The summed E-state index contributed by atoms with van der Waals surface area (Å²) in [5.41, 5.74) is 0.952. The van der Waals surface area contributed by atoms with Crippen LogP contribution in [0.2, 0.25) is 0 Å². The minimum Gasteiger partial charge on any atom is -0.496 e. The van der Waals surface area contributed by atoms with Gasteiger partial charge in [0.15, 0.2) is 0 Å². The van der Waals surface area contributed by atoms with Gasteiger partial charge in [-0.1, -0.05) is 18.2 Å². The van der Waals surface area contributed by atoms with Crippen LogP contribution in [0.15, 0.2) is 47.1 Å². The molecule has 1 N–H and O–H groups in total. The van der Waals surface area contributed by atoms with Crippen molar-refractivity contribution in [3.63, 3.8) is 0 Å². The SMILES string of the molecule is COc1ccccc1[C@@H]1S[C@@H](C)C(=O)N1CCC(=O)NCc1ccco1. The van der Waals surface area contributed by atoms with Crippen molar-refractivity contribution in [2.75, 3.05) is 13.7 Å². The van der Waals surface area contributed by atoms with Crippen LogP contribution < -0.4 is 10.1 Å². The van der Waals surface area contributed by atoms with Crippen LogP contribution in [0.3, 0.4) is 0 Å². The van der Waals surface area contributed by atoms with Crippen LogP contribution in [-0.2, 0) is 16.1 Å². The van der Waals surface area contributed by atoms with Gasteiger partial charge < -0.3 is 19.4 Å². The van der Waals surface area contributed by atoms with Gasteiger partial charge in [0.25, 0.3) is 0 Å². The molecule has 26 heavy (non-hydrogen) atoms. The maximum atomic E-state index is 12.6. The fourth-order valence-electron chi connectivity index (χ4n) is 2.92. The Bertz CT molecular complexity index is 763.